The van der Waals surface area contributed by atoms with Gasteiger partial charge in [0.15, 0.2) is 0 Å². The molecule has 4 aliphatic carbocycles. The Hall–Kier alpha value is -0.820. The van der Waals surface area contributed by atoms with E-state index in [2.05, 4.69) is 73.3 Å². The SMILES string of the molecule is C=C(C)[C@H](/C=C/[C@@H](C)[C@H]1CC[C@H]2C3=CC[C@H]4[C@H](C)[C@@H](O)CC[C@]4(C)[C@H]3CC[C@]12C)C(C)C. The first kappa shape index (κ1) is 24.3. The highest BCUT2D eigenvalue weighted by atomic mass is 16.3. The highest BCUT2D eigenvalue weighted by Gasteiger charge is 2.59. The molecule has 0 aromatic carbocycles. The van der Waals surface area contributed by atoms with Crippen molar-refractivity contribution in [1.29, 1.82) is 0 Å². The maximum Gasteiger partial charge on any atom is 0.0568 e. The van der Waals surface area contributed by atoms with E-state index in [0.717, 1.165) is 24.2 Å². The van der Waals surface area contributed by atoms with Crippen molar-refractivity contribution in [1.82, 2.24) is 0 Å². The van der Waals surface area contributed by atoms with Gasteiger partial charge in [0, 0.05) is 0 Å². The van der Waals surface area contributed by atoms with Crippen molar-refractivity contribution < 1.29 is 5.11 Å². The second-order valence-corrected chi connectivity index (χ2v) is 13.2. The van der Waals surface area contributed by atoms with Crippen molar-refractivity contribution in [3.63, 3.8) is 0 Å². The van der Waals surface area contributed by atoms with Crippen LogP contribution in [0.2, 0.25) is 0 Å². The van der Waals surface area contributed by atoms with Gasteiger partial charge in [0.1, 0.15) is 0 Å². The van der Waals surface area contributed by atoms with Gasteiger partial charge in [-0.05, 0) is 110 Å². The third-order valence-electron chi connectivity index (χ3n) is 11.2. The van der Waals surface area contributed by atoms with Gasteiger partial charge in [0.25, 0.3) is 0 Å². The summed E-state index contributed by atoms with van der Waals surface area (Å²) in [4.78, 5) is 0. The van der Waals surface area contributed by atoms with Crippen LogP contribution in [0.5, 0.6) is 0 Å². The molecular weight excluding hydrogens is 388 g/mol. The predicted octanol–water partition coefficient (Wildman–Crippen LogP) is 8.21. The Labute approximate surface area is 198 Å². The molecule has 0 saturated heterocycles. The lowest BCUT2D eigenvalue weighted by Crippen LogP contribution is -2.52. The molecule has 0 aromatic rings. The van der Waals surface area contributed by atoms with Crippen LogP contribution in [0.3, 0.4) is 0 Å². The lowest BCUT2D eigenvalue weighted by Gasteiger charge is -2.59. The molecule has 32 heavy (non-hydrogen) atoms. The highest BCUT2D eigenvalue weighted by molar-refractivity contribution is 5.28. The summed E-state index contributed by atoms with van der Waals surface area (Å²) in [7, 11) is 0. The zero-order valence-corrected chi connectivity index (χ0v) is 22.0. The molecule has 1 N–H and O–H groups in total. The summed E-state index contributed by atoms with van der Waals surface area (Å²) in [5, 5.41) is 10.5. The fourth-order valence-electron chi connectivity index (χ4n) is 9.23. The molecule has 0 aromatic heterocycles. The second-order valence-electron chi connectivity index (χ2n) is 13.2. The summed E-state index contributed by atoms with van der Waals surface area (Å²) in [6, 6.07) is 0. The summed E-state index contributed by atoms with van der Waals surface area (Å²) in [6.07, 6.45) is 16.5. The van der Waals surface area contributed by atoms with Gasteiger partial charge in [-0.2, -0.15) is 0 Å². The van der Waals surface area contributed by atoms with E-state index < -0.39 is 0 Å². The molecule has 0 spiro atoms. The summed E-state index contributed by atoms with van der Waals surface area (Å²) in [5.41, 5.74) is 3.98. The van der Waals surface area contributed by atoms with E-state index in [-0.39, 0.29) is 6.10 Å². The Bertz CT molecular complexity index is 773. The van der Waals surface area contributed by atoms with E-state index >= 15 is 0 Å². The molecule has 0 unspecified atom stereocenters. The standard InChI is InChI=1S/C31H50O/c1-19(2)23(20(3)4)10-9-21(5)25-13-14-27-24-11-12-26-22(6)29(32)16-18-31(26,8)28(24)15-17-30(25,27)7/h9-11,20-23,25-29,32H,1,12-18H2,2-8H3/b10-9+/t21-,22+,23+,25-,26+,27+,28+,29+,30-,31+/m1/s1. The maximum absolute atomic E-state index is 10.5. The van der Waals surface area contributed by atoms with Crippen molar-refractivity contribution in [2.45, 2.75) is 99.5 Å². The fraction of sp³-hybridized carbons (Fsp3) is 0.806. The Morgan fingerprint density at radius 1 is 1.03 bits per heavy atom. The molecule has 0 aliphatic heterocycles. The van der Waals surface area contributed by atoms with Crippen LogP contribution >= 0.6 is 0 Å². The van der Waals surface area contributed by atoms with Gasteiger partial charge in [0.05, 0.1) is 6.10 Å². The monoisotopic (exact) mass is 438 g/mol. The molecule has 4 aliphatic rings. The number of hydrogen-bond acceptors (Lipinski definition) is 1. The average Bonchev–Trinajstić information content (AvgIpc) is 3.08. The van der Waals surface area contributed by atoms with Crippen LogP contribution in [0.25, 0.3) is 0 Å². The van der Waals surface area contributed by atoms with Crippen molar-refractivity contribution in [2.75, 3.05) is 0 Å². The first-order chi connectivity index (χ1) is 15.0. The molecular formula is C31H50O. The van der Waals surface area contributed by atoms with Crippen LogP contribution < -0.4 is 0 Å². The molecule has 10 atom stereocenters. The zero-order valence-electron chi connectivity index (χ0n) is 22.0. The van der Waals surface area contributed by atoms with Gasteiger partial charge in [-0.15, -0.1) is 0 Å². The molecule has 0 bridgehead atoms. The highest BCUT2D eigenvalue weighted by Crippen LogP contribution is 2.67. The van der Waals surface area contributed by atoms with Gasteiger partial charge < -0.3 is 5.11 Å². The molecule has 0 radical (unpaired) electrons. The minimum atomic E-state index is -0.0887. The number of fused-ring (bicyclic) bond motifs is 5. The van der Waals surface area contributed by atoms with Crippen LogP contribution in [0.1, 0.15) is 93.4 Å². The quantitative estimate of drug-likeness (QED) is 0.429. The number of hydrogen-bond donors (Lipinski definition) is 1. The minimum Gasteiger partial charge on any atom is -0.393 e. The molecule has 0 amide bonds. The fourth-order valence-corrected chi connectivity index (χ4v) is 9.23. The minimum absolute atomic E-state index is 0.0887. The van der Waals surface area contributed by atoms with E-state index in [1.54, 1.807) is 0 Å². The van der Waals surface area contributed by atoms with E-state index in [0.29, 0.717) is 40.4 Å². The van der Waals surface area contributed by atoms with Gasteiger partial charge in [0.2, 0.25) is 0 Å². The van der Waals surface area contributed by atoms with E-state index in [9.17, 15) is 5.11 Å². The van der Waals surface area contributed by atoms with Crippen LogP contribution in [0.15, 0.2) is 36.0 Å². The Balaban J connectivity index is 1.55. The third-order valence-corrected chi connectivity index (χ3v) is 11.2. The third kappa shape index (κ3) is 3.79. The smallest absolute Gasteiger partial charge is 0.0568 e. The zero-order chi connectivity index (χ0) is 23.4. The maximum atomic E-state index is 10.5. The first-order valence-corrected chi connectivity index (χ1v) is 13.7. The number of allylic oxidation sites excluding steroid dienone is 5. The normalized spacial score (nSPS) is 45.7. The van der Waals surface area contributed by atoms with Crippen LogP contribution in [-0.2, 0) is 0 Å². The van der Waals surface area contributed by atoms with Crippen molar-refractivity contribution in [3.8, 4) is 0 Å². The van der Waals surface area contributed by atoms with Crippen LogP contribution in [0.4, 0.5) is 0 Å². The molecule has 1 nitrogen and oxygen atoms in total. The first-order valence-electron chi connectivity index (χ1n) is 13.7. The van der Waals surface area contributed by atoms with Gasteiger partial charge >= 0.3 is 0 Å². The second kappa shape index (κ2) is 8.75. The average molecular weight is 439 g/mol. The number of aliphatic hydroxyl groups is 1. The van der Waals surface area contributed by atoms with E-state index in [4.69, 9.17) is 0 Å². The van der Waals surface area contributed by atoms with Crippen LogP contribution in [-0.4, -0.2) is 11.2 Å². The topological polar surface area (TPSA) is 20.2 Å². The molecule has 4 rings (SSSR count). The Kier molecular flexibility index (Phi) is 6.65. The van der Waals surface area contributed by atoms with Crippen LogP contribution in [0, 0.1) is 58.2 Å². The predicted molar refractivity (Wildman–Crippen MR) is 137 cm³/mol. The molecule has 1 heteroatoms. The summed E-state index contributed by atoms with van der Waals surface area (Å²) in [5.74, 6) is 5.20. The van der Waals surface area contributed by atoms with Crippen molar-refractivity contribution >= 4 is 0 Å². The summed E-state index contributed by atoms with van der Waals surface area (Å²) in [6.45, 7) is 21.1. The molecule has 3 saturated carbocycles. The number of rotatable bonds is 5. The van der Waals surface area contributed by atoms with E-state index in [1.807, 2.05) is 5.57 Å². The van der Waals surface area contributed by atoms with Gasteiger partial charge in [-0.3, -0.25) is 0 Å². The Morgan fingerprint density at radius 2 is 1.69 bits per heavy atom. The number of aliphatic hydroxyl groups excluding tert-OH is 1. The lowest BCUT2D eigenvalue weighted by molar-refractivity contribution is -0.0767. The summed E-state index contributed by atoms with van der Waals surface area (Å²) < 4.78 is 0. The molecule has 3 fully saturated rings. The largest absolute Gasteiger partial charge is 0.393 e. The van der Waals surface area contributed by atoms with Gasteiger partial charge in [-0.25, -0.2) is 0 Å². The summed E-state index contributed by atoms with van der Waals surface area (Å²) >= 11 is 0. The van der Waals surface area contributed by atoms with E-state index in [1.165, 1.54) is 44.1 Å². The molecule has 180 valence electrons. The lowest BCUT2D eigenvalue weighted by atomic mass is 9.46. The molecule has 0 heterocycles. The Morgan fingerprint density at radius 3 is 2.34 bits per heavy atom. The van der Waals surface area contributed by atoms with Crippen molar-refractivity contribution in [2.24, 2.45) is 58.2 Å². The van der Waals surface area contributed by atoms with Crippen molar-refractivity contribution in [3.05, 3.63) is 36.0 Å². The van der Waals surface area contributed by atoms with Gasteiger partial charge in [-0.1, -0.05) is 77.5 Å².